The van der Waals surface area contributed by atoms with Crippen molar-refractivity contribution in [2.24, 2.45) is 0 Å². The maximum absolute atomic E-state index is 5.78. The van der Waals surface area contributed by atoms with E-state index in [0.29, 0.717) is 5.82 Å². The molecule has 2 aromatic rings. The van der Waals surface area contributed by atoms with E-state index in [1.54, 1.807) is 6.07 Å². The third-order valence-corrected chi connectivity index (χ3v) is 2.60. The summed E-state index contributed by atoms with van der Waals surface area (Å²) in [6.45, 7) is 6.15. The molecule has 0 atom stereocenters. The molecule has 2 rings (SSSR count). The largest absolute Gasteiger partial charge is 0.384 e. The van der Waals surface area contributed by atoms with Gasteiger partial charge >= 0.3 is 0 Å². The van der Waals surface area contributed by atoms with Gasteiger partial charge in [0, 0.05) is 17.7 Å². The van der Waals surface area contributed by atoms with E-state index in [9.17, 15) is 0 Å². The number of nitrogens with zero attached hydrogens (tertiary/aromatic N) is 2. The van der Waals surface area contributed by atoms with E-state index in [1.807, 2.05) is 26.0 Å². The predicted molar refractivity (Wildman–Crippen MR) is 75.0 cm³/mol. The van der Waals surface area contributed by atoms with Crippen LogP contribution < -0.4 is 11.1 Å². The summed E-state index contributed by atoms with van der Waals surface area (Å²) in [5.41, 5.74) is 8.01. The topological polar surface area (TPSA) is 63.8 Å². The summed E-state index contributed by atoms with van der Waals surface area (Å²) in [6, 6.07) is 9.88. The maximum atomic E-state index is 5.78. The van der Waals surface area contributed by atoms with Crippen LogP contribution in [-0.4, -0.2) is 9.97 Å². The molecule has 1 heterocycles. The summed E-state index contributed by atoms with van der Waals surface area (Å²) in [5, 5.41) is 3.24. The molecular weight excluding hydrogens is 224 g/mol. The monoisotopic (exact) mass is 242 g/mol. The summed E-state index contributed by atoms with van der Waals surface area (Å²) in [7, 11) is 0. The van der Waals surface area contributed by atoms with Crippen LogP contribution in [0.3, 0.4) is 0 Å². The van der Waals surface area contributed by atoms with Crippen LogP contribution in [-0.2, 0) is 0 Å². The van der Waals surface area contributed by atoms with Crippen molar-refractivity contribution in [3.8, 4) is 0 Å². The summed E-state index contributed by atoms with van der Waals surface area (Å²) in [5.74, 6) is 2.23. The Morgan fingerprint density at radius 2 is 1.78 bits per heavy atom. The minimum atomic E-state index is 0.257. The van der Waals surface area contributed by atoms with Crippen LogP contribution in [0, 0.1) is 6.92 Å². The summed E-state index contributed by atoms with van der Waals surface area (Å²) in [4.78, 5) is 8.66. The molecule has 3 N–H and O–H groups in total. The van der Waals surface area contributed by atoms with Crippen molar-refractivity contribution >= 4 is 17.3 Å². The highest BCUT2D eigenvalue weighted by atomic mass is 15.1. The second-order valence-electron chi connectivity index (χ2n) is 4.68. The smallest absolute Gasteiger partial charge is 0.136 e. The van der Waals surface area contributed by atoms with Crippen LogP contribution in [0.2, 0.25) is 0 Å². The number of aryl methyl sites for hydroxylation is 1. The van der Waals surface area contributed by atoms with Crippen LogP contribution >= 0.6 is 0 Å². The van der Waals surface area contributed by atoms with E-state index in [4.69, 9.17) is 5.73 Å². The molecule has 0 aliphatic rings. The number of nitrogens with two attached hydrogens (primary N) is 1. The number of aromatic nitrogens is 2. The average molecular weight is 242 g/mol. The van der Waals surface area contributed by atoms with Crippen LogP contribution in [0.1, 0.15) is 31.2 Å². The Balaban J connectivity index is 2.26. The minimum Gasteiger partial charge on any atom is -0.384 e. The number of nitrogen functional groups attached to an aromatic ring is 1. The number of nitrogens with one attached hydrogen (secondary N) is 1. The Hall–Kier alpha value is -2.10. The van der Waals surface area contributed by atoms with Gasteiger partial charge in [0.1, 0.15) is 17.5 Å². The van der Waals surface area contributed by atoms with Gasteiger partial charge in [-0.25, -0.2) is 9.97 Å². The Morgan fingerprint density at radius 1 is 1.11 bits per heavy atom. The first-order valence-corrected chi connectivity index (χ1v) is 6.03. The lowest BCUT2D eigenvalue weighted by molar-refractivity contribution is 0.779. The second-order valence-corrected chi connectivity index (χ2v) is 4.68. The van der Waals surface area contributed by atoms with E-state index >= 15 is 0 Å². The number of benzene rings is 1. The Morgan fingerprint density at radius 3 is 2.39 bits per heavy atom. The van der Waals surface area contributed by atoms with Crippen LogP contribution in [0.15, 0.2) is 30.3 Å². The van der Waals surface area contributed by atoms with Crippen molar-refractivity contribution in [1.29, 1.82) is 0 Å². The highest BCUT2D eigenvalue weighted by molar-refractivity contribution is 5.58. The molecule has 0 aliphatic carbocycles. The van der Waals surface area contributed by atoms with Gasteiger partial charge in [0.2, 0.25) is 0 Å². The van der Waals surface area contributed by atoms with Gasteiger partial charge in [0.05, 0.1) is 0 Å². The number of hydrogen-bond acceptors (Lipinski definition) is 4. The fourth-order valence-corrected chi connectivity index (χ4v) is 1.59. The van der Waals surface area contributed by atoms with Gasteiger partial charge in [0.25, 0.3) is 0 Å². The Labute approximate surface area is 107 Å². The fourth-order valence-electron chi connectivity index (χ4n) is 1.59. The first-order valence-electron chi connectivity index (χ1n) is 6.03. The lowest BCUT2D eigenvalue weighted by Crippen LogP contribution is -2.04. The molecule has 0 radical (unpaired) electrons. The number of rotatable bonds is 3. The first kappa shape index (κ1) is 12.4. The van der Waals surface area contributed by atoms with Gasteiger partial charge in [-0.2, -0.15) is 0 Å². The third-order valence-electron chi connectivity index (χ3n) is 2.60. The van der Waals surface area contributed by atoms with Crippen molar-refractivity contribution in [3.05, 3.63) is 41.7 Å². The van der Waals surface area contributed by atoms with Gasteiger partial charge in [-0.1, -0.05) is 31.5 Å². The van der Waals surface area contributed by atoms with Gasteiger partial charge in [-0.05, 0) is 19.1 Å². The lowest BCUT2D eigenvalue weighted by atomic mass is 10.2. The van der Waals surface area contributed by atoms with Crippen LogP contribution in [0.25, 0.3) is 0 Å². The van der Waals surface area contributed by atoms with Gasteiger partial charge in [0.15, 0.2) is 0 Å². The summed E-state index contributed by atoms with van der Waals surface area (Å²) < 4.78 is 0. The molecule has 0 spiro atoms. The predicted octanol–water partition coefficient (Wildman–Crippen LogP) is 3.23. The molecule has 4 nitrogen and oxygen atoms in total. The van der Waals surface area contributed by atoms with Crippen molar-refractivity contribution in [3.63, 3.8) is 0 Å². The third kappa shape index (κ3) is 2.97. The highest BCUT2D eigenvalue weighted by Crippen LogP contribution is 2.19. The molecule has 18 heavy (non-hydrogen) atoms. The van der Waals surface area contributed by atoms with Gasteiger partial charge in [-0.15, -0.1) is 0 Å². The standard InChI is InChI=1S/C14H18N4/c1-9(2)14-17-12(15)8-13(18-14)16-11-6-4-10(3)5-7-11/h4-9H,1-3H3,(H3,15,16,17,18). The van der Waals surface area contributed by atoms with Crippen molar-refractivity contribution in [1.82, 2.24) is 9.97 Å². The van der Waals surface area contributed by atoms with E-state index in [0.717, 1.165) is 17.3 Å². The van der Waals surface area contributed by atoms with Crippen molar-refractivity contribution in [2.45, 2.75) is 26.7 Å². The molecule has 0 saturated heterocycles. The zero-order valence-electron chi connectivity index (χ0n) is 10.9. The molecule has 94 valence electrons. The zero-order valence-corrected chi connectivity index (χ0v) is 10.9. The van der Waals surface area contributed by atoms with Gasteiger partial charge < -0.3 is 11.1 Å². The molecule has 4 heteroatoms. The summed E-state index contributed by atoms with van der Waals surface area (Å²) in [6.07, 6.45) is 0. The molecule has 0 unspecified atom stereocenters. The number of anilines is 3. The highest BCUT2D eigenvalue weighted by Gasteiger charge is 2.06. The Bertz CT molecular complexity index is 532. The Kier molecular flexibility index (Phi) is 3.46. The molecule has 1 aromatic heterocycles. The molecule has 0 aliphatic heterocycles. The lowest BCUT2D eigenvalue weighted by Gasteiger charge is -2.10. The number of hydrogen-bond donors (Lipinski definition) is 2. The minimum absolute atomic E-state index is 0.257. The molecule has 0 fully saturated rings. The van der Waals surface area contributed by atoms with Crippen LogP contribution in [0.4, 0.5) is 17.3 Å². The molecular formula is C14H18N4. The first-order chi connectivity index (χ1) is 8.54. The van der Waals surface area contributed by atoms with Crippen LogP contribution in [0.5, 0.6) is 0 Å². The van der Waals surface area contributed by atoms with Gasteiger partial charge in [-0.3, -0.25) is 0 Å². The molecule has 0 bridgehead atoms. The van der Waals surface area contributed by atoms with Crippen molar-refractivity contribution < 1.29 is 0 Å². The SMILES string of the molecule is Cc1ccc(Nc2cc(N)nc(C(C)C)n2)cc1. The van der Waals surface area contributed by atoms with Crippen molar-refractivity contribution in [2.75, 3.05) is 11.1 Å². The average Bonchev–Trinajstić information content (AvgIpc) is 2.31. The normalized spacial score (nSPS) is 10.7. The maximum Gasteiger partial charge on any atom is 0.136 e. The quantitative estimate of drug-likeness (QED) is 0.867. The summed E-state index contributed by atoms with van der Waals surface area (Å²) >= 11 is 0. The van der Waals surface area contributed by atoms with E-state index in [1.165, 1.54) is 5.56 Å². The second kappa shape index (κ2) is 5.04. The molecule has 0 amide bonds. The van der Waals surface area contributed by atoms with E-state index in [2.05, 4.69) is 34.3 Å². The fraction of sp³-hybridized carbons (Fsp3) is 0.286. The molecule has 0 saturated carbocycles. The van der Waals surface area contributed by atoms with E-state index < -0.39 is 0 Å². The van der Waals surface area contributed by atoms with E-state index in [-0.39, 0.29) is 5.92 Å². The molecule has 1 aromatic carbocycles. The zero-order chi connectivity index (χ0) is 13.1.